The number of aryl methyl sites for hydroxylation is 3. The minimum Gasteiger partial charge on any atom is -0.308 e. The molecule has 2 aromatic rings. The van der Waals surface area contributed by atoms with Crippen LogP contribution < -0.4 is 11.3 Å². The van der Waals surface area contributed by atoms with Crippen LogP contribution in [0.5, 0.6) is 0 Å². The SMILES string of the molecule is CCc1cc(CC)n(Cc2nc(C)cc(NN)n2)n1. The van der Waals surface area contributed by atoms with E-state index in [2.05, 4.69) is 40.4 Å². The summed E-state index contributed by atoms with van der Waals surface area (Å²) >= 11 is 0. The van der Waals surface area contributed by atoms with Crippen molar-refractivity contribution in [2.45, 2.75) is 40.2 Å². The van der Waals surface area contributed by atoms with Crippen molar-refractivity contribution in [3.8, 4) is 0 Å². The predicted molar refractivity (Wildman–Crippen MR) is 74.7 cm³/mol. The van der Waals surface area contributed by atoms with Gasteiger partial charge in [0.15, 0.2) is 5.82 Å². The number of anilines is 1. The first-order valence-electron chi connectivity index (χ1n) is 6.53. The van der Waals surface area contributed by atoms with E-state index in [1.165, 1.54) is 5.69 Å². The van der Waals surface area contributed by atoms with Crippen LogP contribution in [0.1, 0.15) is 36.8 Å². The third-order valence-electron chi connectivity index (χ3n) is 2.98. The average Bonchev–Trinajstić information content (AvgIpc) is 2.80. The number of aromatic nitrogens is 4. The van der Waals surface area contributed by atoms with Crippen LogP contribution in [0.25, 0.3) is 0 Å². The zero-order chi connectivity index (χ0) is 13.8. The van der Waals surface area contributed by atoms with E-state index in [4.69, 9.17) is 5.84 Å². The molecule has 0 bridgehead atoms. The van der Waals surface area contributed by atoms with Crippen LogP contribution in [0.3, 0.4) is 0 Å². The van der Waals surface area contributed by atoms with Gasteiger partial charge in [-0.05, 0) is 25.8 Å². The van der Waals surface area contributed by atoms with Crippen molar-refractivity contribution in [2.75, 3.05) is 5.43 Å². The van der Waals surface area contributed by atoms with E-state index in [-0.39, 0.29) is 0 Å². The first-order chi connectivity index (χ1) is 9.16. The number of nitrogens with two attached hydrogens (primary N) is 1. The second-order valence-corrected chi connectivity index (χ2v) is 4.45. The Morgan fingerprint density at radius 2 is 2.00 bits per heavy atom. The third kappa shape index (κ3) is 3.08. The number of nitrogens with one attached hydrogen (secondary N) is 1. The van der Waals surface area contributed by atoms with Gasteiger partial charge in [0.25, 0.3) is 0 Å². The topological polar surface area (TPSA) is 81.7 Å². The molecule has 0 saturated carbocycles. The maximum Gasteiger partial charge on any atom is 0.152 e. The predicted octanol–water partition coefficient (Wildman–Crippen LogP) is 1.44. The molecular weight excluding hydrogens is 240 g/mol. The van der Waals surface area contributed by atoms with Gasteiger partial charge in [0, 0.05) is 17.5 Å². The Balaban J connectivity index is 2.29. The van der Waals surface area contributed by atoms with Crippen LogP contribution >= 0.6 is 0 Å². The van der Waals surface area contributed by atoms with Gasteiger partial charge < -0.3 is 5.43 Å². The molecule has 0 atom stereocenters. The lowest BCUT2D eigenvalue weighted by Crippen LogP contribution is -2.14. The van der Waals surface area contributed by atoms with Gasteiger partial charge in [-0.3, -0.25) is 4.68 Å². The molecule has 0 fully saturated rings. The first kappa shape index (κ1) is 13.5. The minimum absolute atomic E-state index is 0.569. The van der Waals surface area contributed by atoms with Gasteiger partial charge >= 0.3 is 0 Å². The third-order valence-corrected chi connectivity index (χ3v) is 2.98. The summed E-state index contributed by atoms with van der Waals surface area (Å²) in [6, 6.07) is 3.95. The van der Waals surface area contributed by atoms with Crippen molar-refractivity contribution in [1.29, 1.82) is 0 Å². The van der Waals surface area contributed by atoms with Gasteiger partial charge in [-0.15, -0.1) is 0 Å². The Labute approximate surface area is 113 Å². The standard InChI is InChI=1S/C13H20N6/c1-4-10-7-11(5-2)19(18-10)8-13-15-9(3)6-12(16-13)17-14/h6-7H,4-5,8,14H2,1-3H3,(H,15,16,17). The van der Waals surface area contributed by atoms with E-state index < -0.39 is 0 Å². The fraction of sp³-hybridized carbons (Fsp3) is 0.462. The lowest BCUT2D eigenvalue weighted by Gasteiger charge is -2.07. The summed E-state index contributed by atoms with van der Waals surface area (Å²) in [5.41, 5.74) is 5.74. The lowest BCUT2D eigenvalue weighted by molar-refractivity contribution is 0.615. The van der Waals surface area contributed by atoms with Crippen molar-refractivity contribution in [3.05, 3.63) is 35.0 Å². The Morgan fingerprint density at radius 1 is 1.21 bits per heavy atom. The highest BCUT2D eigenvalue weighted by Gasteiger charge is 2.08. The first-order valence-corrected chi connectivity index (χ1v) is 6.53. The summed E-state index contributed by atoms with van der Waals surface area (Å²) in [6.07, 6.45) is 1.88. The quantitative estimate of drug-likeness (QED) is 0.628. The van der Waals surface area contributed by atoms with E-state index in [0.717, 1.165) is 24.2 Å². The van der Waals surface area contributed by atoms with Crippen LogP contribution in [0.15, 0.2) is 12.1 Å². The zero-order valence-electron chi connectivity index (χ0n) is 11.6. The van der Waals surface area contributed by atoms with E-state index in [1.54, 1.807) is 0 Å². The van der Waals surface area contributed by atoms with Gasteiger partial charge in [0.05, 0.1) is 5.69 Å². The Hall–Kier alpha value is -1.95. The summed E-state index contributed by atoms with van der Waals surface area (Å²) in [6.45, 7) is 6.72. The molecule has 0 unspecified atom stereocenters. The van der Waals surface area contributed by atoms with Gasteiger partial charge in [0.1, 0.15) is 12.4 Å². The lowest BCUT2D eigenvalue weighted by atomic mass is 10.2. The van der Waals surface area contributed by atoms with E-state index in [9.17, 15) is 0 Å². The number of hydrazine groups is 1. The highest BCUT2D eigenvalue weighted by molar-refractivity contribution is 5.34. The minimum atomic E-state index is 0.569. The fourth-order valence-corrected chi connectivity index (χ4v) is 2.02. The van der Waals surface area contributed by atoms with Crippen molar-refractivity contribution in [1.82, 2.24) is 19.7 Å². The van der Waals surface area contributed by atoms with Gasteiger partial charge in [-0.1, -0.05) is 13.8 Å². The Kier molecular flexibility index (Phi) is 4.11. The molecule has 0 spiro atoms. The molecule has 0 aliphatic carbocycles. The molecule has 102 valence electrons. The second-order valence-electron chi connectivity index (χ2n) is 4.45. The molecule has 0 aliphatic heterocycles. The Bertz CT molecular complexity index is 560. The fourth-order valence-electron chi connectivity index (χ4n) is 2.02. The molecule has 2 heterocycles. The summed E-state index contributed by atoms with van der Waals surface area (Å²) in [5, 5.41) is 4.56. The van der Waals surface area contributed by atoms with Gasteiger partial charge in [-0.25, -0.2) is 15.8 Å². The van der Waals surface area contributed by atoms with Crippen molar-refractivity contribution < 1.29 is 0 Å². The molecular formula is C13H20N6. The van der Waals surface area contributed by atoms with Gasteiger partial charge in [0.2, 0.25) is 0 Å². The molecule has 19 heavy (non-hydrogen) atoms. The van der Waals surface area contributed by atoms with Crippen molar-refractivity contribution in [2.24, 2.45) is 5.84 Å². The maximum absolute atomic E-state index is 5.40. The Morgan fingerprint density at radius 3 is 2.63 bits per heavy atom. The van der Waals surface area contributed by atoms with E-state index >= 15 is 0 Å². The summed E-state index contributed by atoms with van der Waals surface area (Å²) < 4.78 is 1.97. The summed E-state index contributed by atoms with van der Waals surface area (Å²) in [5.74, 6) is 6.74. The number of nitrogens with zero attached hydrogens (tertiary/aromatic N) is 4. The maximum atomic E-state index is 5.40. The molecule has 2 aromatic heterocycles. The van der Waals surface area contributed by atoms with Crippen molar-refractivity contribution >= 4 is 5.82 Å². The molecule has 0 amide bonds. The molecule has 0 aromatic carbocycles. The molecule has 6 nitrogen and oxygen atoms in total. The zero-order valence-corrected chi connectivity index (χ0v) is 11.6. The van der Waals surface area contributed by atoms with Crippen LogP contribution in [0.2, 0.25) is 0 Å². The summed E-state index contributed by atoms with van der Waals surface area (Å²) in [7, 11) is 0. The van der Waals surface area contributed by atoms with E-state index in [0.29, 0.717) is 18.2 Å². The van der Waals surface area contributed by atoms with Crippen LogP contribution in [0, 0.1) is 6.92 Å². The van der Waals surface area contributed by atoms with Crippen molar-refractivity contribution in [3.63, 3.8) is 0 Å². The van der Waals surface area contributed by atoms with Crippen LogP contribution in [-0.2, 0) is 19.4 Å². The molecule has 2 rings (SSSR count). The second kappa shape index (κ2) is 5.79. The smallest absolute Gasteiger partial charge is 0.152 e. The molecule has 0 radical (unpaired) electrons. The van der Waals surface area contributed by atoms with Crippen LogP contribution in [0.4, 0.5) is 5.82 Å². The molecule has 0 saturated heterocycles. The number of rotatable bonds is 5. The van der Waals surface area contributed by atoms with Crippen LogP contribution in [-0.4, -0.2) is 19.7 Å². The monoisotopic (exact) mass is 260 g/mol. The molecule has 3 N–H and O–H groups in total. The molecule has 6 heteroatoms. The number of hydrogen-bond donors (Lipinski definition) is 2. The largest absolute Gasteiger partial charge is 0.308 e. The van der Waals surface area contributed by atoms with E-state index in [1.807, 2.05) is 17.7 Å². The number of nitrogen functional groups attached to an aromatic ring is 1. The van der Waals surface area contributed by atoms with Gasteiger partial charge in [-0.2, -0.15) is 5.10 Å². The molecule has 0 aliphatic rings. The normalized spacial score (nSPS) is 10.7. The number of hydrogen-bond acceptors (Lipinski definition) is 5. The highest BCUT2D eigenvalue weighted by Crippen LogP contribution is 2.10. The highest BCUT2D eigenvalue weighted by atomic mass is 15.3. The average molecular weight is 260 g/mol. The summed E-state index contributed by atoms with van der Waals surface area (Å²) in [4.78, 5) is 8.77.